The van der Waals surface area contributed by atoms with E-state index in [2.05, 4.69) is 5.10 Å². The van der Waals surface area contributed by atoms with Crippen LogP contribution in [0.5, 0.6) is 0 Å². The normalized spacial score (nSPS) is 12.6. The largest absolute Gasteiger partial charge is 0.388 e. The summed E-state index contributed by atoms with van der Waals surface area (Å²) in [6.07, 6.45) is 1.73. The maximum atomic E-state index is 10.2. The topological polar surface area (TPSA) is 38.0 Å². The minimum absolute atomic E-state index is 0.461. The highest BCUT2D eigenvalue weighted by Gasteiger charge is 2.15. The van der Waals surface area contributed by atoms with E-state index in [-0.39, 0.29) is 0 Å². The Morgan fingerprint density at radius 2 is 2.00 bits per heavy atom. The van der Waals surface area contributed by atoms with Crippen molar-refractivity contribution in [3.63, 3.8) is 0 Å². The SMILES string of the molecule is CCc1nn(C)c(CCC(O)c2ccccc2)c1Cl. The third-order valence-corrected chi connectivity index (χ3v) is 3.78. The van der Waals surface area contributed by atoms with Gasteiger partial charge in [0.05, 0.1) is 22.5 Å². The van der Waals surface area contributed by atoms with Gasteiger partial charge in [-0.25, -0.2) is 0 Å². The van der Waals surface area contributed by atoms with Crippen molar-refractivity contribution in [2.45, 2.75) is 32.3 Å². The Hall–Kier alpha value is -1.32. The lowest BCUT2D eigenvalue weighted by molar-refractivity contribution is 0.167. The van der Waals surface area contributed by atoms with Gasteiger partial charge >= 0.3 is 0 Å². The maximum Gasteiger partial charge on any atom is 0.0849 e. The van der Waals surface area contributed by atoms with Crippen LogP contribution < -0.4 is 0 Å². The fraction of sp³-hybridized carbons (Fsp3) is 0.400. The number of aryl methyl sites for hydroxylation is 2. The van der Waals surface area contributed by atoms with Crippen molar-refractivity contribution >= 4 is 11.6 Å². The third-order valence-electron chi connectivity index (χ3n) is 3.34. The summed E-state index contributed by atoms with van der Waals surface area (Å²) in [4.78, 5) is 0. The maximum absolute atomic E-state index is 10.2. The molecule has 0 saturated carbocycles. The predicted octanol–water partition coefficient (Wildman–Crippen LogP) is 3.30. The van der Waals surface area contributed by atoms with Crippen LogP contribution >= 0.6 is 11.6 Å². The molecule has 0 radical (unpaired) electrons. The molecule has 19 heavy (non-hydrogen) atoms. The summed E-state index contributed by atoms with van der Waals surface area (Å²) in [6.45, 7) is 2.04. The lowest BCUT2D eigenvalue weighted by atomic mass is 10.0. The molecule has 0 saturated heterocycles. The van der Waals surface area contributed by atoms with Crippen molar-refractivity contribution in [2.24, 2.45) is 7.05 Å². The van der Waals surface area contributed by atoms with Crippen molar-refractivity contribution < 1.29 is 5.11 Å². The molecule has 3 nitrogen and oxygen atoms in total. The fourth-order valence-corrected chi connectivity index (χ4v) is 2.59. The molecular formula is C15H19ClN2O. The monoisotopic (exact) mass is 278 g/mol. The zero-order valence-electron chi connectivity index (χ0n) is 11.3. The first-order valence-electron chi connectivity index (χ1n) is 6.56. The molecular weight excluding hydrogens is 260 g/mol. The second-order valence-corrected chi connectivity index (χ2v) is 5.03. The zero-order chi connectivity index (χ0) is 13.8. The first-order chi connectivity index (χ1) is 9.13. The lowest BCUT2D eigenvalue weighted by Gasteiger charge is -2.11. The van der Waals surface area contributed by atoms with E-state index in [0.29, 0.717) is 6.42 Å². The van der Waals surface area contributed by atoms with Crippen molar-refractivity contribution in [3.8, 4) is 0 Å². The number of aliphatic hydroxyl groups is 1. The molecule has 0 bridgehead atoms. The van der Waals surface area contributed by atoms with Crippen LogP contribution in [0.1, 0.15) is 36.4 Å². The van der Waals surface area contributed by atoms with Crippen molar-refractivity contribution in [1.29, 1.82) is 0 Å². The van der Waals surface area contributed by atoms with E-state index in [4.69, 9.17) is 11.6 Å². The average Bonchev–Trinajstić information content (AvgIpc) is 2.72. The van der Waals surface area contributed by atoms with Crippen LogP contribution in [0.15, 0.2) is 30.3 Å². The highest BCUT2D eigenvalue weighted by molar-refractivity contribution is 6.31. The predicted molar refractivity (Wildman–Crippen MR) is 77.3 cm³/mol. The second-order valence-electron chi connectivity index (χ2n) is 4.65. The van der Waals surface area contributed by atoms with Crippen molar-refractivity contribution in [3.05, 3.63) is 52.3 Å². The summed E-state index contributed by atoms with van der Waals surface area (Å²) >= 11 is 6.29. The quantitative estimate of drug-likeness (QED) is 0.911. The summed E-state index contributed by atoms with van der Waals surface area (Å²) in [5.41, 5.74) is 2.86. The Balaban J connectivity index is 2.05. The molecule has 1 N–H and O–H groups in total. The molecule has 2 rings (SSSR count). The van der Waals surface area contributed by atoms with Gasteiger partial charge in [0, 0.05) is 7.05 Å². The summed E-state index contributed by atoms with van der Waals surface area (Å²) in [6, 6.07) is 9.69. The molecule has 0 amide bonds. The Kier molecular flexibility index (Phi) is 4.61. The molecule has 2 aromatic rings. The van der Waals surface area contributed by atoms with Crippen LogP contribution in [-0.2, 0) is 19.9 Å². The minimum Gasteiger partial charge on any atom is -0.388 e. The van der Waals surface area contributed by atoms with Gasteiger partial charge in [0.1, 0.15) is 0 Å². The smallest absolute Gasteiger partial charge is 0.0849 e. The fourth-order valence-electron chi connectivity index (χ4n) is 2.21. The lowest BCUT2D eigenvalue weighted by Crippen LogP contribution is -2.03. The van der Waals surface area contributed by atoms with E-state index >= 15 is 0 Å². The standard InChI is InChI=1S/C15H19ClN2O/c1-3-12-15(16)13(18(2)17-12)9-10-14(19)11-7-5-4-6-8-11/h4-8,14,19H,3,9-10H2,1-2H3. The number of rotatable bonds is 5. The summed E-state index contributed by atoms with van der Waals surface area (Å²) < 4.78 is 1.82. The van der Waals surface area contributed by atoms with Gasteiger partial charge in [0.2, 0.25) is 0 Å². The van der Waals surface area contributed by atoms with Crippen LogP contribution in [0.25, 0.3) is 0 Å². The number of aromatic nitrogens is 2. The summed E-state index contributed by atoms with van der Waals surface area (Å²) in [7, 11) is 1.90. The average molecular weight is 279 g/mol. The number of nitrogens with zero attached hydrogens (tertiary/aromatic N) is 2. The van der Waals surface area contributed by atoms with Gasteiger partial charge in [0.25, 0.3) is 0 Å². The molecule has 1 aromatic carbocycles. The molecule has 1 unspecified atom stereocenters. The van der Waals surface area contributed by atoms with Gasteiger partial charge in [-0.2, -0.15) is 5.10 Å². The van der Waals surface area contributed by atoms with Crippen molar-refractivity contribution in [2.75, 3.05) is 0 Å². The number of hydrogen-bond acceptors (Lipinski definition) is 2. The highest BCUT2D eigenvalue weighted by Crippen LogP contribution is 2.25. The Morgan fingerprint density at radius 3 is 2.58 bits per heavy atom. The zero-order valence-corrected chi connectivity index (χ0v) is 12.1. The number of benzene rings is 1. The molecule has 0 spiro atoms. The van der Waals surface area contributed by atoms with Crippen LogP contribution in [0, 0.1) is 0 Å². The van der Waals surface area contributed by atoms with Gasteiger partial charge in [-0.05, 0) is 24.8 Å². The van der Waals surface area contributed by atoms with Gasteiger partial charge in [-0.1, -0.05) is 48.9 Å². The number of hydrogen-bond donors (Lipinski definition) is 1. The van der Waals surface area contributed by atoms with Gasteiger partial charge < -0.3 is 5.11 Å². The van der Waals surface area contributed by atoms with Crippen molar-refractivity contribution in [1.82, 2.24) is 9.78 Å². The molecule has 0 aliphatic carbocycles. The second kappa shape index (κ2) is 6.22. The van der Waals surface area contributed by atoms with Gasteiger partial charge in [-0.15, -0.1) is 0 Å². The molecule has 102 valence electrons. The first kappa shape index (κ1) is 14.1. The highest BCUT2D eigenvalue weighted by atomic mass is 35.5. The van der Waals surface area contributed by atoms with E-state index in [1.165, 1.54) is 0 Å². The van der Waals surface area contributed by atoms with Gasteiger partial charge in [0.15, 0.2) is 0 Å². The summed E-state index contributed by atoms with van der Waals surface area (Å²) in [5.74, 6) is 0. The van der Waals surface area contributed by atoms with Crippen LogP contribution in [0.2, 0.25) is 5.02 Å². The Bertz CT molecular complexity index is 537. The Labute approximate surface area is 118 Å². The summed E-state index contributed by atoms with van der Waals surface area (Å²) in [5, 5.41) is 15.3. The van der Waals surface area contributed by atoms with Crippen LogP contribution in [-0.4, -0.2) is 14.9 Å². The number of halogens is 1. The number of aliphatic hydroxyl groups excluding tert-OH is 1. The molecule has 1 heterocycles. The van der Waals surface area contributed by atoms with E-state index in [1.807, 2.05) is 49.0 Å². The molecule has 0 fully saturated rings. The molecule has 4 heteroatoms. The van der Waals surface area contributed by atoms with Gasteiger partial charge in [-0.3, -0.25) is 4.68 Å². The molecule has 1 aromatic heterocycles. The molecule has 0 aliphatic heterocycles. The van der Waals surface area contributed by atoms with E-state index in [9.17, 15) is 5.11 Å². The first-order valence-corrected chi connectivity index (χ1v) is 6.94. The van der Waals surface area contributed by atoms with Crippen LogP contribution in [0.3, 0.4) is 0 Å². The molecule has 0 aliphatic rings. The van der Waals surface area contributed by atoms with E-state index in [1.54, 1.807) is 0 Å². The van der Waals surface area contributed by atoms with E-state index < -0.39 is 6.10 Å². The third kappa shape index (κ3) is 3.17. The van der Waals surface area contributed by atoms with Crippen LogP contribution in [0.4, 0.5) is 0 Å². The minimum atomic E-state index is -0.461. The molecule has 1 atom stereocenters. The van der Waals surface area contributed by atoms with E-state index in [0.717, 1.165) is 34.8 Å². The Morgan fingerprint density at radius 1 is 1.32 bits per heavy atom.